The number of hydrogen-bond acceptors (Lipinski definition) is 3. The summed E-state index contributed by atoms with van der Waals surface area (Å²) < 4.78 is 5.92. The Morgan fingerprint density at radius 1 is 1.08 bits per heavy atom. The molecule has 2 N–H and O–H groups in total. The van der Waals surface area contributed by atoms with Crippen molar-refractivity contribution in [3.8, 4) is 11.5 Å². The highest BCUT2D eigenvalue weighted by atomic mass is 32.1. The molecule has 2 aromatic rings. The molecule has 0 saturated heterocycles. The van der Waals surface area contributed by atoms with Gasteiger partial charge in [0.25, 0.3) is 5.91 Å². The van der Waals surface area contributed by atoms with E-state index in [1.165, 1.54) is 0 Å². The average molecular weight is 367 g/mol. The SMILES string of the molecule is CC1=C(C(=O)N(C)C)[C@@H](c2cccc(Oc3ccccc3)c2)NC(=S)N1. The van der Waals surface area contributed by atoms with Gasteiger partial charge >= 0.3 is 0 Å². The number of allylic oxidation sites excluding steroid dienone is 1. The number of amides is 1. The minimum Gasteiger partial charge on any atom is -0.457 e. The smallest absolute Gasteiger partial charge is 0.253 e. The highest BCUT2D eigenvalue weighted by Crippen LogP contribution is 2.31. The molecule has 5 nitrogen and oxygen atoms in total. The van der Waals surface area contributed by atoms with Gasteiger partial charge in [-0.1, -0.05) is 30.3 Å². The molecule has 3 rings (SSSR count). The van der Waals surface area contributed by atoms with Crippen molar-refractivity contribution in [3.05, 3.63) is 71.4 Å². The fraction of sp³-hybridized carbons (Fsp3) is 0.200. The van der Waals surface area contributed by atoms with E-state index < -0.39 is 0 Å². The molecule has 6 heteroatoms. The van der Waals surface area contributed by atoms with Crippen LogP contribution in [-0.4, -0.2) is 30.0 Å². The van der Waals surface area contributed by atoms with Gasteiger partial charge in [0.15, 0.2) is 5.11 Å². The highest BCUT2D eigenvalue weighted by Gasteiger charge is 2.30. The number of benzene rings is 2. The van der Waals surface area contributed by atoms with Gasteiger partial charge in [0.05, 0.1) is 11.6 Å². The second-order valence-corrected chi connectivity index (χ2v) is 6.67. The summed E-state index contributed by atoms with van der Waals surface area (Å²) in [7, 11) is 3.48. The van der Waals surface area contributed by atoms with Crippen LogP contribution in [0.2, 0.25) is 0 Å². The van der Waals surface area contributed by atoms with Gasteiger partial charge in [0, 0.05) is 19.8 Å². The molecule has 0 spiro atoms. The topological polar surface area (TPSA) is 53.6 Å². The van der Waals surface area contributed by atoms with Crippen molar-refractivity contribution in [1.29, 1.82) is 0 Å². The van der Waals surface area contributed by atoms with E-state index in [1.54, 1.807) is 19.0 Å². The van der Waals surface area contributed by atoms with Crippen molar-refractivity contribution >= 4 is 23.2 Å². The zero-order valence-corrected chi connectivity index (χ0v) is 15.8. The molecule has 26 heavy (non-hydrogen) atoms. The molecule has 0 aromatic heterocycles. The molecule has 1 aliphatic heterocycles. The second-order valence-electron chi connectivity index (χ2n) is 6.26. The van der Waals surface area contributed by atoms with Crippen LogP contribution in [0.25, 0.3) is 0 Å². The molecule has 134 valence electrons. The molecule has 0 aliphatic carbocycles. The number of hydrogen-bond donors (Lipinski definition) is 2. The summed E-state index contributed by atoms with van der Waals surface area (Å²) in [6.45, 7) is 1.86. The van der Waals surface area contributed by atoms with Crippen LogP contribution in [-0.2, 0) is 4.79 Å². The predicted molar refractivity (Wildman–Crippen MR) is 106 cm³/mol. The van der Waals surface area contributed by atoms with Crippen molar-refractivity contribution in [3.63, 3.8) is 0 Å². The van der Waals surface area contributed by atoms with E-state index in [-0.39, 0.29) is 11.9 Å². The van der Waals surface area contributed by atoms with Gasteiger partial charge in [-0.25, -0.2) is 0 Å². The van der Waals surface area contributed by atoms with E-state index in [9.17, 15) is 4.79 Å². The van der Waals surface area contributed by atoms with Gasteiger partial charge in [-0.15, -0.1) is 0 Å². The van der Waals surface area contributed by atoms with Crippen LogP contribution >= 0.6 is 12.2 Å². The first-order valence-electron chi connectivity index (χ1n) is 8.28. The van der Waals surface area contributed by atoms with Crippen molar-refractivity contribution in [2.45, 2.75) is 13.0 Å². The van der Waals surface area contributed by atoms with Gasteiger partial charge in [0.1, 0.15) is 11.5 Å². The van der Waals surface area contributed by atoms with Crippen molar-refractivity contribution < 1.29 is 9.53 Å². The normalized spacial score (nSPS) is 16.6. The molecule has 1 aliphatic rings. The number of rotatable bonds is 4. The van der Waals surface area contributed by atoms with Gasteiger partial charge in [0.2, 0.25) is 0 Å². The lowest BCUT2D eigenvalue weighted by Crippen LogP contribution is -2.46. The van der Waals surface area contributed by atoms with Crippen LogP contribution in [0.4, 0.5) is 0 Å². The van der Waals surface area contributed by atoms with Gasteiger partial charge < -0.3 is 20.3 Å². The van der Waals surface area contributed by atoms with Crippen LogP contribution < -0.4 is 15.4 Å². The summed E-state index contributed by atoms with van der Waals surface area (Å²) in [6.07, 6.45) is 0. The molecule has 1 atom stereocenters. The van der Waals surface area contributed by atoms with E-state index >= 15 is 0 Å². The number of ether oxygens (including phenoxy) is 1. The Hall–Kier alpha value is -2.86. The lowest BCUT2D eigenvalue weighted by molar-refractivity contribution is -0.125. The molecule has 2 aromatic carbocycles. The molecule has 0 bridgehead atoms. The Balaban J connectivity index is 1.96. The number of carbonyl (C=O) groups excluding carboxylic acids is 1. The first kappa shape index (κ1) is 17.9. The summed E-state index contributed by atoms with van der Waals surface area (Å²) in [6, 6.07) is 16.9. The number of thiocarbonyl (C=S) groups is 1. The van der Waals surface area contributed by atoms with Crippen molar-refractivity contribution in [2.24, 2.45) is 0 Å². The van der Waals surface area contributed by atoms with Crippen molar-refractivity contribution in [2.75, 3.05) is 14.1 Å². The summed E-state index contributed by atoms with van der Waals surface area (Å²) in [5.41, 5.74) is 2.30. The lowest BCUT2D eigenvalue weighted by atomic mass is 9.94. The third-order valence-corrected chi connectivity index (χ3v) is 4.30. The molecule has 0 saturated carbocycles. The number of nitrogens with one attached hydrogen (secondary N) is 2. The predicted octanol–water partition coefficient (Wildman–Crippen LogP) is 3.36. The van der Waals surface area contributed by atoms with Gasteiger partial charge in [-0.3, -0.25) is 4.79 Å². The molecule has 1 heterocycles. The average Bonchev–Trinajstić information content (AvgIpc) is 2.61. The maximum absolute atomic E-state index is 12.7. The molecule has 1 amide bonds. The van der Waals surface area contributed by atoms with E-state index in [0.29, 0.717) is 16.4 Å². The zero-order chi connectivity index (χ0) is 18.7. The molecule has 0 unspecified atom stereocenters. The van der Waals surface area contributed by atoms with E-state index in [2.05, 4.69) is 10.6 Å². The maximum Gasteiger partial charge on any atom is 0.253 e. The number of para-hydroxylation sites is 1. The van der Waals surface area contributed by atoms with Crippen LogP contribution in [0.5, 0.6) is 11.5 Å². The van der Waals surface area contributed by atoms with Crippen LogP contribution in [0, 0.1) is 0 Å². The number of nitrogens with zero attached hydrogens (tertiary/aromatic N) is 1. The monoisotopic (exact) mass is 367 g/mol. The first-order valence-corrected chi connectivity index (χ1v) is 8.69. The standard InChI is InChI=1S/C20H21N3O2S/c1-13-17(19(24)23(2)3)18(22-20(26)21-13)14-8-7-11-16(12-14)25-15-9-5-4-6-10-15/h4-12,18H,1-3H3,(H2,21,22,26)/t18-/m1/s1. The molecular formula is C20H21N3O2S. The van der Waals surface area contributed by atoms with E-state index in [0.717, 1.165) is 17.0 Å². The fourth-order valence-electron chi connectivity index (χ4n) is 2.85. The third-order valence-electron chi connectivity index (χ3n) is 4.08. The minimum atomic E-state index is -0.335. The van der Waals surface area contributed by atoms with Crippen molar-refractivity contribution in [1.82, 2.24) is 15.5 Å². The van der Waals surface area contributed by atoms with E-state index in [1.807, 2.05) is 61.5 Å². The largest absolute Gasteiger partial charge is 0.457 e. The van der Waals surface area contributed by atoms with E-state index in [4.69, 9.17) is 17.0 Å². The van der Waals surface area contributed by atoms with Crippen LogP contribution in [0.1, 0.15) is 18.5 Å². The Morgan fingerprint density at radius 2 is 1.77 bits per heavy atom. The lowest BCUT2D eigenvalue weighted by Gasteiger charge is -2.31. The Labute approximate surface area is 158 Å². The Kier molecular flexibility index (Phi) is 5.23. The highest BCUT2D eigenvalue weighted by molar-refractivity contribution is 7.80. The van der Waals surface area contributed by atoms with Gasteiger partial charge in [-0.2, -0.15) is 0 Å². The Morgan fingerprint density at radius 3 is 2.46 bits per heavy atom. The quantitative estimate of drug-likeness (QED) is 0.812. The zero-order valence-electron chi connectivity index (χ0n) is 14.9. The maximum atomic E-state index is 12.7. The summed E-state index contributed by atoms with van der Waals surface area (Å²) in [5.74, 6) is 1.40. The number of likely N-dealkylation sites (N-methyl/N-ethyl adjacent to an activating group) is 1. The summed E-state index contributed by atoms with van der Waals surface area (Å²) in [5, 5.41) is 6.74. The molecule has 0 fully saturated rings. The van der Waals surface area contributed by atoms with Crippen LogP contribution in [0.15, 0.2) is 65.9 Å². The van der Waals surface area contributed by atoms with Gasteiger partial charge in [-0.05, 0) is 49.0 Å². The summed E-state index contributed by atoms with van der Waals surface area (Å²) in [4.78, 5) is 14.3. The molecular weight excluding hydrogens is 346 g/mol. The first-order chi connectivity index (χ1) is 12.5. The fourth-order valence-corrected chi connectivity index (χ4v) is 3.12. The second kappa shape index (κ2) is 7.58. The third kappa shape index (κ3) is 3.86. The minimum absolute atomic E-state index is 0.0654. The molecule has 0 radical (unpaired) electrons. The number of carbonyl (C=O) groups is 1. The van der Waals surface area contributed by atoms with Crippen LogP contribution in [0.3, 0.4) is 0 Å². The summed E-state index contributed by atoms with van der Waals surface area (Å²) >= 11 is 5.29. The Bertz CT molecular complexity index is 862.